The smallest absolute Gasteiger partial charge is 0.418 e. The number of rotatable bonds is 8. The van der Waals surface area contributed by atoms with Crippen LogP contribution in [0.25, 0.3) is 0 Å². The van der Waals surface area contributed by atoms with Gasteiger partial charge in [-0.1, -0.05) is 24.3 Å². The Hall–Kier alpha value is -2.54. The first kappa shape index (κ1) is 20.8. The van der Waals surface area contributed by atoms with Crippen molar-refractivity contribution in [1.82, 2.24) is 5.32 Å². The van der Waals surface area contributed by atoms with E-state index in [-0.39, 0.29) is 18.2 Å². The molecule has 2 aromatic carbocycles. The standard InChI is InChI=1S/C20H23F3N2O2/c1-3-27-16-8-6-7-15(12-16)13-24-14(2)11-19(26)25-18-10-5-4-9-17(18)20(21,22)23/h4-10,12,14,24H,3,11,13H2,1-2H3,(H,25,26). The molecular formula is C20H23F3N2O2. The van der Waals surface area contributed by atoms with E-state index in [9.17, 15) is 18.0 Å². The maximum atomic E-state index is 13.0. The Labute approximate surface area is 156 Å². The second-order valence-corrected chi connectivity index (χ2v) is 6.16. The van der Waals surface area contributed by atoms with Crippen LogP contribution in [0.5, 0.6) is 5.75 Å². The molecule has 0 aliphatic carbocycles. The molecule has 2 rings (SSSR count). The van der Waals surface area contributed by atoms with E-state index in [1.165, 1.54) is 18.2 Å². The van der Waals surface area contributed by atoms with Crippen molar-refractivity contribution >= 4 is 11.6 Å². The fourth-order valence-corrected chi connectivity index (χ4v) is 2.59. The molecule has 0 bridgehead atoms. The number of hydrogen-bond donors (Lipinski definition) is 2. The van der Waals surface area contributed by atoms with Gasteiger partial charge < -0.3 is 15.4 Å². The second-order valence-electron chi connectivity index (χ2n) is 6.16. The van der Waals surface area contributed by atoms with Crippen molar-refractivity contribution in [3.05, 3.63) is 59.7 Å². The van der Waals surface area contributed by atoms with Crippen molar-refractivity contribution < 1.29 is 22.7 Å². The summed E-state index contributed by atoms with van der Waals surface area (Å²) in [6, 6.07) is 12.3. The number of carbonyl (C=O) groups excluding carboxylic acids is 1. The molecule has 0 heterocycles. The molecule has 0 fully saturated rings. The molecule has 0 aliphatic heterocycles. The van der Waals surface area contributed by atoms with Crippen molar-refractivity contribution in [2.45, 2.75) is 39.0 Å². The highest BCUT2D eigenvalue weighted by Crippen LogP contribution is 2.34. The molecule has 4 nitrogen and oxygen atoms in total. The molecule has 146 valence electrons. The fourth-order valence-electron chi connectivity index (χ4n) is 2.59. The van der Waals surface area contributed by atoms with Gasteiger partial charge in [0.1, 0.15) is 5.75 Å². The maximum Gasteiger partial charge on any atom is 0.418 e. The molecule has 27 heavy (non-hydrogen) atoms. The Morgan fingerprint density at radius 3 is 2.59 bits per heavy atom. The normalized spacial score (nSPS) is 12.5. The van der Waals surface area contributed by atoms with E-state index < -0.39 is 17.6 Å². The Morgan fingerprint density at radius 1 is 1.15 bits per heavy atom. The summed E-state index contributed by atoms with van der Waals surface area (Å²) in [7, 11) is 0. The van der Waals surface area contributed by atoms with Crippen molar-refractivity contribution in [1.29, 1.82) is 0 Å². The number of hydrogen-bond acceptors (Lipinski definition) is 3. The fraction of sp³-hybridized carbons (Fsp3) is 0.350. The van der Waals surface area contributed by atoms with E-state index in [0.29, 0.717) is 13.2 Å². The van der Waals surface area contributed by atoms with E-state index in [4.69, 9.17) is 4.74 Å². The van der Waals surface area contributed by atoms with Crippen molar-refractivity contribution in [2.24, 2.45) is 0 Å². The van der Waals surface area contributed by atoms with Gasteiger partial charge in [0, 0.05) is 19.0 Å². The van der Waals surface area contributed by atoms with Gasteiger partial charge in [0.05, 0.1) is 17.9 Å². The quantitative estimate of drug-likeness (QED) is 0.703. The van der Waals surface area contributed by atoms with Crippen LogP contribution in [0, 0.1) is 0 Å². The van der Waals surface area contributed by atoms with Crippen LogP contribution in [0.3, 0.4) is 0 Å². The van der Waals surface area contributed by atoms with Gasteiger partial charge in [0.15, 0.2) is 0 Å². The highest BCUT2D eigenvalue weighted by molar-refractivity contribution is 5.92. The molecule has 1 unspecified atom stereocenters. The Balaban J connectivity index is 1.88. The van der Waals surface area contributed by atoms with Gasteiger partial charge in [-0.05, 0) is 43.7 Å². The average molecular weight is 380 g/mol. The van der Waals surface area contributed by atoms with Gasteiger partial charge in [0.25, 0.3) is 0 Å². The summed E-state index contributed by atoms with van der Waals surface area (Å²) in [5, 5.41) is 5.54. The minimum Gasteiger partial charge on any atom is -0.494 e. The Morgan fingerprint density at radius 2 is 1.89 bits per heavy atom. The van der Waals surface area contributed by atoms with Crippen LogP contribution in [0.4, 0.5) is 18.9 Å². The Bertz CT molecular complexity index is 763. The Kier molecular flexibility index (Phi) is 7.24. The molecule has 0 aromatic heterocycles. The van der Waals surface area contributed by atoms with Crippen molar-refractivity contribution in [3.8, 4) is 5.75 Å². The van der Waals surface area contributed by atoms with Gasteiger partial charge in [0.2, 0.25) is 5.91 Å². The molecule has 7 heteroatoms. The monoisotopic (exact) mass is 380 g/mol. The predicted molar refractivity (Wildman–Crippen MR) is 98.6 cm³/mol. The van der Waals surface area contributed by atoms with E-state index >= 15 is 0 Å². The number of amides is 1. The highest BCUT2D eigenvalue weighted by Gasteiger charge is 2.33. The van der Waals surface area contributed by atoms with Crippen LogP contribution in [0.1, 0.15) is 31.4 Å². The SMILES string of the molecule is CCOc1cccc(CNC(C)CC(=O)Nc2ccccc2C(F)(F)F)c1. The molecule has 0 saturated carbocycles. The molecule has 2 N–H and O–H groups in total. The number of para-hydroxylation sites is 1. The number of nitrogens with one attached hydrogen (secondary N) is 2. The molecule has 1 atom stereocenters. The zero-order valence-corrected chi connectivity index (χ0v) is 15.3. The number of ether oxygens (including phenoxy) is 1. The minimum atomic E-state index is -4.51. The molecular weight excluding hydrogens is 357 g/mol. The third-order valence-corrected chi connectivity index (χ3v) is 3.86. The summed E-state index contributed by atoms with van der Waals surface area (Å²) in [6.45, 7) is 4.81. The van der Waals surface area contributed by atoms with Crippen molar-refractivity contribution in [2.75, 3.05) is 11.9 Å². The number of alkyl halides is 3. The summed E-state index contributed by atoms with van der Waals surface area (Å²) in [6.07, 6.45) is -4.46. The molecule has 0 spiro atoms. The van der Waals surface area contributed by atoms with Crippen LogP contribution in [-0.4, -0.2) is 18.6 Å². The lowest BCUT2D eigenvalue weighted by Gasteiger charge is -2.16. The van der Waals surface area contributed by atoms with Crippen LogP contribution >= 0.6 is 0 Å². The first-order chi connectivity index (χ1) is 12.8. The van der Waals surface area contributed by atoms with Crippen LogP contribution in [0.15, 0.2) is 48.5 Å². The summed E-state index contributed by atoms with van der Waals surface area (Å²) < 4.78 is 44.4. The molecule has 0 saturated heterocycles. The topological polar surface area (TPSA) is 50.4 Å². The number of halogens is 3. The number of benzene rings is 2. The summed E-state index contributed by atoms with van der Waals surface area (Å²) in [5.74, 6) is 0.292. The van der Waals surface area contributed by atoms with Crippen molar-refractivity contribution in [3.63, 3.8) is 0 Å². The first-order valence-electron chi connectivity index (χ1n) is 8.70. The zero-order chi connectivity index (χ0) is 19.9. The van der Waals surface area contributed by atoms with Crippen LogP contribution in [-0.2, 0) is 17.5 Å². The third-order valence-electron chi connectivity index (χ3n) is 3.86. The van der Waals surface area contributed by atoms with Gasteiger partial charge >= 0.3 is 6.18 Å². The highest BCUT2D eigenvalue weighted by atomic mass is 19.4. The third kappa shape index (κ3) is 6.60. The molecule has 2 aromatic rings. The molecule has 0 aliphatic rings. The molecule has 0 radical (unpaired) electrons. The van der Waals surface area contributed by atoms with Gasteiger partial charge in [-0.2, -0.15) is 13.2 Å². The van der Waals surface area contributed by atoms with E-state index in [2.05, 4.69) is 10.6 Å². The zero-order valence-electron chi connectivity index (χ0n) is 15.3. The van der Waals surface area contributed by atoms with Crippen LogP contribution < -0.4 is 15.4 Å². The van der Waals surface area contributed by atoms with E-state index in [1.54, 1.807) is 0 Å². The number of anilines is 1. The first-order valence-corrected chi connectivity index (χ1v) is 8.70. The second kappa shape index (κ2) is 9.41. The van der Waals surface area contributed by atoms with E-state index in [0.717, 1.165) is 17.4 Å². The lowest BCUT2D eigenvalue weighted by molar-refractivity contribution is -0.137. The van der Waals surface area contributed by atoms with Gasteiger partial charge in [-0.3, -0.25) is 4.79 Å². The minimum absolute atomic E-state index is 0.0529. The van der Waals surface area contributed by atoms with Gasteiger partial charge in [-0.15, -0.1) is 0 Å². The summed E-state index contributed by atoms with van der Waals surface area (Å²) >= 11 is 0. The van der Waals surface area contributed by atoms with Gasteiger partial charge in [-0.25, -0.2) is 0 Å². The average Bonchev–Trinajstić information content (AvgIpc) is 2.60. The largest absolute Gasteiger partial charge is 0.494 e. The van der Waals surface area contributed by atoms with E-state index in [1.807, 2.05) is 38.1 Å². The lowest BCUT2D eigenvalue weighted by atomic mass is 10.1. The number of carbonyl (C=O) groups is 1. The maximum absolute atomic E-state index is 13.0. The molecule has 1 amide bonds. The van der Waals surface area contributed by atoms with Crippen LogP contribution in [0.2, 0.25) is 0 Å². The summed E-state index contributed by atoms with van der Waals surface area (Å²) in [5.41, 5.74) is -0.0889. The summed E-state index contributed by atoms with van der Waals surface area (Å²) in [4.78, 5) is 12.1. The predicted octanol–water partition coefficient (Wildman–Crippen LogP) is 4.61. The lowest BCUT2D eigenvalue weighted by Crippen LogP contribution is -2.30.